The van der Waals surface area contributed by atoms with Crippen molar-refractivity contribution in [2.45, 2.75) is 19.3 Å². The molecule has 1 aliphatic heterocycles. The Morgan fingerprint density at radius 1 is 1.47 bits per heavy atom. The van der Waals surface area contributed by atoms with Crippen LogP contribution >= 0.6 is 0 Å². The molecule has 0 radical (unpaired) electrons. The minimum Gasteiger partial charge on any atom is -0.385 e. The van der Waals surface area contributed by atoms with Crippen molar-refractivity contribution in [1.82, 2.24) is 10.2 Å². The first-order chi connectivity index (χ1) is 8.27. The SMILES string of the molecule is COCCCNC(=O)C1CCN(CCN)CC1. The smallest absolute Gasteiger partial charge is 0.223 e. The highest BCUT2D eigenvalue weighted by molar-refractivity contribution is 5.78. The number of ether oxygens (including phenoxy) is 1. The van der Waals surface area contributed by atoms with Gasteiger partial charge in [-0.25, -0.2) is 0 Å². The number of nitrogens with one attached hydrogen (secondary N) is 1. The van der Waals surface area contributed by atoms with Gasteiger partial charge in [0, 0.05) is 39.3 Å². The molecule has 17 heavy (non-hydrogen) atoms. The number of carbonyl (C=O) groups is 1. The molecular weight excluding hydrogens is 218 g/mol. The van der Waals surface area contributed by atoms with Crippen LogP contribution in [-0.2, 0) is 9.53 Å². The standard InChI is InChI=1S/C12H25N3O2/c1-17-10-2-6-14-12(16)11-3-7-15(8-4-11)9-5-13/h11H,2-10,13H2,1H3,(H,14,16). The Balaban J connectivity index is 2.12. The van der Waals surface area contributed by atoms with Crippen LogP contribution in [0.25, 0.3) is 0 Å². The van der Waals surface area contributed by atoms with Crippen molar-refractivity contribution in [3.63, 3.8) is 0 Å². The second kappa shape index (κ2) is 8.44. The number of carbonyl (C=O) groups excluding carboxylic acids is 1. The Labute approximate surface area is 104 Å². The normalized spacial score (nSPS) is 18.2. The predicted octanol–water partition coefficient (Wildman–Crippen LogP) is -0.190. The van der Waals surface area contributed by atoms with Crippen molar-refractivity contribution in [3.8, 4) is 0 Å². The molecule has 0 aromatic rings. The van der Waals surface area contributed by atoms with Gasteiger partial charge in [0.05, 0.1) is 0 Å². The zero-order valence-corrected chi connectivity index (χ0v) is 10.8. The molecule has 0 unspecified atom stereocenters. The topological polar surface area (TPSA) is 67.6 Å². The second-order valence-electron chi connectivity index (χ2n) is 4.54. The van der Waals surface area contributed by atoms with Gasteiger partial charge in [-0.1, -0.05) is 0 Å². The maximum Gasteiger partial charge on any atom is 0.223 e. The summed E-state index contributed by atoms with van der Waals surface area (Å²) in [4.78, 5) is 14.2. The summed E-state index contributed by atoms with van der Waals surface area (Å²) in [5, 5.41) is 2.97. The fourth-order valence-electron chi connectivity index (χ4n) is 2.17. The van der Waals surface area contributed by atoms with Crippen LogP contribution in [0.15, 0.2) is 0 Å². The van der Waals surface area contributed by atoms with E-state index in [0.717, 1.165) is 45.4 Å². The fourth-order valence-corrected chi connectivity index (χ4v) is 2.17. The lowest BCUT2D eigenvalue weighted by atomic mass is 9.96. The lowest BCUT2D eigenvalue weighted by Gasteiger charge is -2.30. The third-order valence-electron chi connectivity index (χ3n) is 3.23. The minimum atomic E-state index is 0.187. The number of hydrogen-bond donors (Lipinski definition) is 2. The molecule has 100 valence electrons. The van der Waals surface area contributed by atoms with Gasteiger partial charge >= 0.3 is 0 Å². The van der Waals surface area contributed by atoms with Crippen LogP contribution in [-0.4, -0.2) is 57.2 Å². The maximum absolute atomic E-state index is 11.8. The monoisotopic (exact) mass is 243 g/mol. The molecular formula is C12H25N3O2. The van der Waals surface area contributed by atoms with Gasteiger partial charge in [0.1, 0.15) is 0 Å². The summed E-state index contributed by atoms with van der Waals surface area (Å²) in [6, 6.07) is 0. The van der Waals surface area contributed by atoms with Crippen molar-refractivity contribution in [1.29, 1.82) is 0 Å². The molecule has 1 rings (SSSR count). The van der Waals surface area contributed by atoms with E-state index in [1.54, 1.807) is 7.11 Å². The van der Waals surface area contributed by atoms with E-state index in [4.69, 9.17) is 10.5 Å². The number of hydrogen-bond acceptors (Lipinski definition) is 4. The first-order valence-electron chi connectivity index (χ1n) is 6.47. The van der Waals surface area contributed by atoms with Crippen molar-refractivity contribution >= 4 is 5.91 Å². The van der Waals surface area contributed by atoms with E-state index < -0.39 is 0 Å². The molecule has 3 N–H and O–H groups in total. The summed E-state index contributed by atoms with van der Waals surface area (Å²) >= 11 is 0. The zero-order valence-electron chi connectivity index (χ0n) is 10.8. The first-order valence-corrected chi connectivity index (χ1v) is 6.47. The highest BCUT2D eigenvalue weighted by atomic mass is 16.5. The van der Waals surface area contributed by atoms with Crippen molar-refractivity contribution in [2.24, 2.45) is 11.7 Å². The van der Waals surface area contributed by atoms with Gasteiger partial charge in [0.25, 0.3) is 0 Å². The molecule has 1 saturated heterocycles. The predicted molar refractivity (Wildman–Crippen MR) is 67.7 cm³/mol. The Hall–Kier alpha value is -0.650. The molecule has 0 aliphatic carbocycles. The second-order valence-corrected chi connectivity index (χ2v) is 4.54. The van der Waals surface area contributed by atoms with Gasteiger partial charge in [0.2, 0.25) is 5.91 Å². The molecule has 0 bridgehead atoms. The molecule has 0 aromatic carbocycles. The molecule has 0 aromatic heterocycles. The Morgan fingerprint density at radius 2 is 2.18 bits per heavy atom. The molecule has 1 heterocycles. The largest absolute Gasteiger partial charge is 0.385 e. The zero-order chi connectivity index (χ0) is 12.5. The molecule has 0 saturated carbocycles. The van der Waals surface area contributed by atoms with Crippen LogP contribution in [0.2, 0.25) is 0 Å². The summed E-state index contributed by atoms with van der Waals surface area (Å²) in [6.07, 6.45) is 2.79. The summed E-state index contributed by atoms with van der Waals surface area (Å²) in [6.45, 7) is 5.06. The van der Waals surface area contributed by atoms with Crippen LogP contribution in [0.1, 0.15) is 19.3 Å². The number of likely N-dealkylation sites (tertiary alicyclic amines) is 1. The first kappa shape index (κ1) is 14.4. The molecule has 0 atom stereocenters. The van der Waals surface area contributed by atoms with Crippen LogP contribution in [0.4, 0.5) is 0 Å². The van der Waals surface area contributed by atoms with Gasteiger partial charge in [-0.3, -0.25) is 4.79 Å². The van der Waals surface area contributed by atoms with E-state index in [2.05, 4.69) is 10.2 Å². The molecule has 1 amide bonds. The number of piperidine rings is 1. The molecule has 5 heteroatoms. The minimum absolute atomic E-state index is 0.187. The lowest BCUT2D eigenvalue weighted by Crippen LogP contribution is -2.42. The summed E-state index contributed by atoms with van der Waals surface area (Å²) in [5.74, 6) is 0.389. The van der Waals surface area contributed by atoms with Crippen LogP contribution in [0, 0.1) is 5.92 Å². The Morgan fingerprint density at radius 3 is 2.76 bits per heavy atom. The van der Waals surface area contributed by atoms with Gasteiger partial charge in [-0.05, 0) is 32.4 Å². The lowest BCUT2D eigenvalue weighted by molar-refractivity contribution is -0.126. The highest BCUT2D eigenvalue weighted by Gasteiger charge is 2.23. The fraction of sp³-hybridized carbons (Fsp3) is 0.917. The average molecular weight is 243 g/mol. The summed E-state index contributed by atoms with van der Waals surface area (Å²) in [5.41, 5.74) is 5.52. The number of nitrogens with two attached hydrogens (primary N) is 1. The van der Waals surface area contributed by atoms with Crippen molar-refractivity contribution < 1.29 is 9.53 Å². The Kier molecular flexibility index (Phi) is 7.16. The molecule has 5 nitrogen and oxygen atoms in total. The van der Waals surface area contributed by atoms with E-state index in [9.17, 15) is 4.79 Å². The molecule has 0 spiro atoms. The van der Waals surface area contributed by atoms with Gasteiger partial charge in [0.15, 0.2) is 0 Å². The summed E-state index contributed by atoms with van der Waals surface area (Å²) in [7, 11) is 1.68. The van der Waals surface area contributed by atoms with E-state index in [1.807, 2.05) is 0 Å². The third-order valence-corrected chi connectivity index (χ3v) is 3.23. The van der Waals surface area contributed by atoms with Crippen molar-refractivity contribution in [3.05, 3.63) is 0 Å². The van der Waals surface area contributed by atoms with E-state index in [1.165, 1.54) is 0 Å². The van der Waals surface area contributed by atoms with Crippen LogP contribution < -0.4 is 11.1 Å². The highest BCUT2D eigenvalue weighted by Crippen LogP contribution is 2.16. The maximum atomic E-state index is 11.8. The number of nitrogens with zero attached hydrogens (tertiary/aromatic N) is 1. The Bertz CT molecular complexity index is 216. The van der Waals surface area contributed by atoms with Gasteiger partial charge in [-0.2, -0.15) is 0 Å². The van der Waals surface area contributed by atoms with E-state index in [-0.39, 0.29) is 11.8 Å². The van der Waals surface area contributed by atoms with E-state index >= 15 is 0 Å². The van der Waals surface area contributed by atoms with Crippen LogP contribution in [0.3, 0.4) is 0 Å². The van der Waals surface area contributed by atoms with Gasteiger partial charge in [-0.15, -0.1) is 0 Å². The molecule has 1 fully saturated rings. The number of amides is 1. The average Bonchev–Trinajstić information content (AvgIpc) is 2.36. The quantitative estimate of drug-likeness (QED) is 0.608. The molecule has 1 aliphatic rings. The third kappa shape index (κ3) is 5.48. The van der Waals surface area contributed by atoms with Gasteiger partial charge < -0.3 is 20.7 Å². The van der Waals surface area contributed by atoms with Crippen LogP contribution in [0.5, 0.6) is 0 Å². The summed E-state index contributed by atoms with van der Waals surface area (Å²) < 4.78 is 4.94. The number of methoxy groups -OCH3 is 1. The van der Waals surface area contributed by atoms with Crippen molar-refractivity contribution in [2.75, 3.05) is 46.4 Å². The number of rotatable bonds is 7. The van der Waals surface area contributed by atoms with E-state index in [0.29, 0.717) is 13.2 Å².